The quantitative estimate of drug-likeness (QED) is 0.783. The normalized spacial score (nSPS) is 14.7. The Labute approximate surface area is 151 Å². The third kappa shape index (κ3) is 3.76. The second-order valence-electron chi connectivity index (χ2n) is 5.86. The van der Waals surface area contributed by atoms with E-state index >= 15 is 0 Å². The number of benzene rings is 2. The van der Waals surface area contributed by atoms with E-state index in [1.54, 1.807) is 25.3 Å². The van der Waals surface area contributed by atoms with Gasteiger partial charge in [-0.3, -0.25) is 19.2 Å². The Morgan fingerprint density at radius 1 is 1.04 bits per heavy atom. The number of hydrogen-bond acceptors (Lipinski definition) is 5. The molecule has 1 fully saturated rings. The van der Waals surface area contributed by atoms with Crippen LogP contribution in [0.1, 0.15) is 18.4 Å². The van der Waals surface area contributed by atoms with E-state index in [4.69, 9.17) is 4.74 Å². The van der Waals surface area contributed by atoms with Crippen molar-refractivity contribution in [2.75, 3.05) is 16.7 Å². The number of carbonyl (C=O) groups is 2. The highest BCUT2D eigenvalue weighted by atomic mass is 32.2. The first kappa shape index (κ1) is 18.1. The fourth-order valence-electron chi connectivity index (χ4n) is 2.74. The Kier molecular flexibility index (Phi) is 5.06. The SMILES string of the molecule is COCc1cccc(NS(=O)(=O)c2ccc(N3C(=O)CCC3=O)cc2)c1. The van der Waals surface area contributed by atoms with Crippen molar-refractivity contribution in [3.05, 3.63) is 54.1 Å². The highest BCUT2D eigenvalue weighted by Gasteiger charge is 2.30. The highest BCUT2D eigenvalue weighted by Crippen LogP contribution is 2.25. The number of rotatable bonds is 6. The molecule has 0 atom stereocenters. The number of carbonyl (C=O) groups excluding carboxylic acids is 2. The van der Waals surface area contributed by atoms with Crippen LogP contribution in [0.25, 0.3) is 0 Å². The van der Waals surface area contributed by atoms with Crippen molar-refractivity contribution < 1.29 is 22.7 Å². The molecule has 8 heteroatoms. The van der Waals surface area contributed by atoms with Gasteiger partial charge in [-0.25, -0.2) is 8.42 Å². The Hall–Kier alpha value is -2.71. The number of amides is 2. The standard InChI is InChI=1S/C18H18N2O5S/c1-25-12-13-3-2-4-14(11-13)19-26(23,24)16-7-5-15(6-8-16)20-17(21)9-10-18(20)22/h2-8,11,19H,9-10,12H2,1H3. The molecule has 1 aliphatic rings. The van der Waals surface area contributed by atoms with Crippen LogP contribution >= 0.6 is 0 Å². The van der Waals surface area contributed by atoms with Gasteiger partial charge in [-0.2, -0.15) is 0 Å². The largest absolute Gasteiger partial charge is 0.380 e. The van der Waals surface area contributed by atoms with Crippen LogP contribution < -0.4 is 9.62 Å². The van der Waals surface area contributed by atoms with Crippen molar-refractivity contribution in [3.63, 3.8) is 0 Å². The first-order valence-electron chi connectivity index (χ1n) is 7.97. The van der Waals surface area contributed by atoms with Crippen LogP contribution in [0.15, 0.2) is 53.4 Å². The third-order valence-corrected chi connectivity index (χ3v) is 5.34. The van der Waals surface area contributed by atoms with Gasteiger partial charge in [0, 0.05) is 25.6 Å². The van der Waals surface area contributed by atoms with Crippen LogP contribution in [0.3, 0.4) is 0 Å². The Morgan fingerprint density at radius 3 is 2.31 bits per heavy atom. The maximum atomic E-state index is 12.5. The Balaban J connectivity index is 1.80. The molecule has 7 nitrogen and oxygen atoms in total. The molecule has 2 amide bonds. The summed E-state index contributed by atoms with van der Waals surface area (Å²) in [4.78, 5) is 24.6. The lowest BCUT2D eigenvalue weighted by atomic mass is 10.2. The van der Waals surface area contributed by atoms with Gasteiger partial charge in [0.1, 0.15) is 0 Å². The number of imide groups is 1. The number of methoxy groups -OCH3 is 1. The van der Waals surface area contributed by atoms with E-state index < -0.39 is 10.0 Å². The molecule has 1 aliphatic heterocycles. The molecular formula is C18H18N2O5S. The second-order valence-corrected chi connectivity index (χ2v) is 7.54. The van der Waals surface area contributed by atoms with Crippen molar-refractivity contribution in [3.8, 4) is 0 Å². The minimum absolute atomic E-state index is 0.0393. The van der Waals surface area contributed by atoms with Crippen LogP contribution in [-0.4, -0.2) is 27.3 Å². The maximum Gasteiger partial charge on any atom is 0.261 e. The van der Waals surface area contributed by atoms with Crippen molar-refractivity contribution in [1.29, 1.82) is 0 Å². The monoisotopic (exact) mass is 374 g/mol. The number of ether oxygens (including phenoxy) is 1. The lowest BCUT2D eigenvalue weighted by molar-refractivity contribution is -0.121. The molecule has 136 valence electrons. The first-order chi connectivity index (χ1) is 12.4. The van der Waals surface area contributed by atoms with Crippen molar-refractivity contribution in [2.24, 2.45) is 0 Å². The molecule has 0 aliphatic carbocycles. The van der Waals surface area contributed by atoms with Gasteiger partial charge >= 0.3 is 0 Å². The van der Waals surface area contributed by atoms with Crippen molar-refractivity contribution >= 4 is 33.2 Å². The van der Waals surface area contributed by atoms with Gasteiger partial charge in [-0.15, -0.1) is 0 Å². The summed E-state index contributed by atoms with van der Waals surface area (Å²) in [7, 11) is -2.23. The van der Waals surface area contributed by atoms with E-state index in [-0.39, 0.29) is 29.6 Å². The fourth-order valence-corrected chi connectivity index (χ4v) is 3.79. The van der Waals surface area contributed by atoms with E-state index in [0.29, 0.717) is 18.0 Å². The van der Waals surface area contributed by atoms with Gasteiger partial charge in [-0.05, 0) is 42.0 Å². The number of anilines is 2. The molecule has 0 aromatic heterocycles. The minimum Gasteiger partial charge on any atom is -0.380 e. The third-order valence-electron chi connectivity index (χ3n) is 3.95. The Morgan fingerprint density at radius 2 is 1.69 bits per heavy atom. The van der Waals surface area contributed by atoms with E-state index in [1.165, 1.54) is 24.3 Å². The van der Waals surface area contributed by atoms with Gasteiger partial charge in [-0.1, -0.05) is 12.1 Å². The molecule has 1 heterocycles. The predicted molar refractivity (Wildman–Crippen MR) is 96.1 cm³/mol. The van der Waals surface area contributed by atoms with Gasteiger partial charge in [0.05, 0.1) is 17.2 Å². The van der Waals surface area contributed by atoms with E-state index in [9.17, 15) is 18.0 Å². The molecule has 2 aromatic carbocycles. The molecule has 0 bridgehead atoms. The second kappa shape index (κ2) is 7.27. The zero-order valence-electron chi connectivity index (χ0n) is 14.1. The van der Waals surface area contributed by atoms with Crippen LogP contribution in [-0.2, 0) is 31.0 Å². The molecule has 3 rings (SSSR count). The molecular weight excluding hydrogens is 356 g/mol. The predicted octanol–water partition coefficient (Wildman–Crippen LogP) is 2.29. The molecule has 0 unspecified atom stereocenters. The van der Waals surface area contributed by atoms with Gasteiger partial charge < -0.3 is 4.74 Å². The zero-order valence-corrected chi connectivity index (χ0v) is 15.0. The summed E-state index contributed by atoms with van der Waals surface area (Å²) in [6.45, 7) is 0.377. The average molecular weight is 374 g/mol. The number of nitrogens with zero attached hydrogens (tertiary/aromatic N) is 1. The molecule has 2 aromatic rings. The average Bonchev–Trinajstić information content (AvgIpc) is 2.94. The topological polar surface area (TPSA) is 92.8 Å². The van der Waals surface area contributed by atoms with Gasteiger partial charge in [0.25, 0.3) is 10.0 Å². The van der Waals surface area contributed by atoms with Gasteiger partial charge in [0.15, 0.2) is 0 Å². The number of sulfonamides is 1. The van der Waals surface area contributed by atoms with Crippen LogP contribution in [0, 0.1) is 0 Å². The summed E-state index contributed by atoms with van der Waals surface area (Å²) in [5, 5.41) is 0. The summed E-state index contributed by atoms with van der Waals surface area (Å²) in [5.74, 6) is -0.558. The van der Waals surface area contributed by atoms with Crippen molar-refractivity contribution in [1.82, 2.24) is 0 Å². The Bertz CT molecular complexity index is 922. The lowest BCUT2D eigenvalue weighted by Gasteiger charge is -2.14. The summed E-state index contributed by atoms with van der Waals surface area (Å²) < 4.78 is 32.6. The van der Waals surface area contributed by atoms with Crippen LogP contribution in [0.5, 0.6) is 0 Å². The summed E-state index contributed by atoms with van der Waals surface area (Å²) in [6.07, 6.45) is 0.358. The lowest BCUT2D eigenvalue weighted by Crippen LogP contribution is -2.28. The molecule has 1 N–H and O–H groups in total. The van der Waals surface area contributed by atoms with Crippen molar-refractivity contribution in [2.45, 2.75) is 24.3 Å². The number of hydrogen-bond donors (Lipinski definition) is 1. The molecule has 0 spiro atoms. The van der Waals surface area contributed by atoms with E-state index in [1.807, 2.05) is 6.07 Å². The minimum atomic E-state index is -3.79. The smallest absolute Gasteiger partial charge is 0.261 e. The molecule has 0 radical (unpaired) electrons. The maximum absolute atomic E-state index is 12.5. The van der Waals surface area contributed by atoms with Gasteiger partial charge in [0.2, 0.25) is 11.8 Å². The van der Waals surface area contributed by atoms with Crippen LogP contribution in [0.4, 0.5) is 11.4 Å². The summed E-state index contributed by atoms with van der Waals surface area (Å²) in [6, 6.07) is 12.6. The molecule has 0 saturated carbocycles. The molecule has 26 heavy (non-hydrogen) atoms. The highest BCUT2D eigenvalue weighted by molar-refractivity contribution is 7.92. The first-order valence-corrected chi connectivity index (χ1v) is 9.45. The number of nitrogens with one attached hydrogen (secondary N) is 1. The van der Waals surface area contributed by atoms with Crippen LogP contribution in [0.2, 0.25) is 0 Å². The summed E-state index contributed by atoms with van der Waals surface area (Å²) in [5.41, 5.74) is 1.64. The zero-order chi connectivity index (χ0) is 18.7. The van der Waals surface area contributed by atoms with E-state index in [2.05, 4.69) is 4.72 Å². The fraction of sp³-hybridized carbons (Fsp3) is 0.222. The summed E-state index contributed by atoms with van der Waals surface area (Å²) >= 11 is 0. The molecule has 1 saturated heterocycles. The van der Waals surface area contributed by atoms with E-state index in [0.717, 1.165) is 10.5 Å².